The summed E-state index contributed by atoms with van der Waals surface area (Å²) in [7, 11) is 0. The van der Waals surface area contributed by atoms with E-state index in [1.54, 1.807) is 13.0 Å². The van der Waals surface area contributed by atoms with Gasteiger partial charge in [0.2, 0.25) is 5.13 Å². The van der Waals surface area contributed by atoms with Crippen molar-refractivity contribution < 1.29 is 28.2 Å². The van der Waals surface area contributed by atoms with Crippen molar-refractivity contribution in [3.8, 4) is 22.1 Å². The van der Waals surface area contributed by atoms with E-state index in [4.69, 9.17) is 16.3 Å². The molecule has 1 saturated carbocycles. The van der Waals surface area contributed by atoms with Gasteiger partial charge in [-0.2, -0.15) is 8.78 Å². The molecule has 0 aromatic carbocycles. The van der Waals surface area contributed by atoms with Gasteiger partial charge >= 0.3 is 6.61 Å². The number of anilines is 1. The molecule has 3 heterocycles. The van der Waals surface area contributed by atoms with Crippen molar-refractivity contribution >= 4 is 34.0 Å². The number of hydrogen-bond acceptors (Lipinski definition) is 9. The Hall–Kier alpha value is -2.96. The molecule has 34 heavy (non-hydrogen) atoms. The molecule has 3 aromatic heterocycles. The molecular formula is C21H20ClF2N5O4S. The summed E-state index contributed by atoms with van der Waals surface area (Å²) >= 11 is 7.02. The van der Waals surface area contributed by atoms with Gasteiger partial charge in [0, 0.05) is 29.4 Å². The predicted octanol–water partition coefficient (Wildman–Crippen LogP) is 4.49. The highest BCUT2D eigenvalue weighted by Gasteiger charge is 2.24. The average molecular weight is 512 g/mol. The van der Waals surface area contributed by atoms with Crippen molar-refractivity contribution in [2.24, 2.45) is 0 Å². The molecule has 9 nitrogen and oxygen atoms in total. The summed E-state index contributed by atoms with van der Waals surface area (Å²) in [5.41, 5.74) is 1.07. The van der Waals surface area contributed by atoms with Crippen molar-refractivity contribution in [1.82, 2.24) is 20.2 Å². The molecule has 0 saturated heterocycles. The fraction of sp³-hybridized carbons (Fsp3) is 0.381. The minimum absolute atomic E-state index is 0.0381. The number of hydrogen-bond donors (Lipinski definition) is 2. The number of carbonyl (C=O) groups excluding carboxylic acids is 1. The molecule has 180 valence electrons. The van der Waals surface area contributed by atoms with Crippen LogP contribution in [0.25, 0.3) is 11.1 Å². The molecule has 0 bridgehead atoms. The van der Waals surface area contributed by atoms with Gasteiger partial charge in [-0.15, -0.1) is 5.10 Å². The first-order valence-electron chi connectivity index (χ1n) is 10.4. The molecule has 1 amide bonds. The van der Waals surface area contributed by atoms with Crippen LogP contribution in [0.5, 0.6) is 10.9 Å². The zero-order valence-electron chi connectivity index (χ0n) is 17.9. The van der Waals surface area contributed by atoms with Crippen LogP contribution in [-0.4, -0.2) is 50.0 Å². The van der Waals surface area contributed by atoms with Crippen molar-refractivity contribution in [3.63, 3.8) is 0 Å². The minimum atomic E-state index is -3.09. The number of aromatic nitrogens is 4. The Morgan fingerprint density at radius 3 is 2.82 bits per heavy atom. The van der Waals surface area contributed by atoms with Crippen LogP contribution in [0.2, 0.25) is 5.15 Å². The van der Waals surface area contributed by atoms with Crippen molar-refractivity contribution in [3.05, 3.63) is 40.9 Å². The van der Waals surface area contributed by atoms with E-state index >= 15 is 0 Å². The Labute approximate surface area is 202 Å². The third kappa shape index (κ3) is 5.93. The maximum absolute atomic E-state index is 13.1. The summed E-state index contributed by atoms with van der Waals surface area (Å²) in [6, 6.07) is 2.89. The molecule has 0 aliphatic heterocycles. The Morgan fingerprint density at radius 1 is 1.24 bits per heavy atom. The Kier molecular flexibility index (Phi) is 7.49. The zero-order chi connectivity index (χ0) is 24.2. The summed E-state index contributed by atoms with van der Waals surface area (Å²) in [6.45, 7) is -1.40. The highest BCUT2D eigenvalue weighted by atomic mass is 35.5. The molecule has 0 radical (unpaired) electrons. The number of aliphatic hydroxyl groups is 1. The quantitative estimate of drug-likeness (QED) is 0.445. The summed E-state index contributed by atoms with van der Waals surface area (Å²) < 4.78 is 36.2. The number of rotatable bonds is 7. The number of nitrogens with zero attached hydrogens (tertiary/aromatic N) is 4. The number of nitrogens with one attached hydrogen (secondary N) is 1. The maximum Gasteiger partial charge on any atom is 0.387 e. The maximum atomic E-state index is 13.1. The lowest BCUT2D eigenvalue weighted by molar-refractivity contribution is -0.0496. The highest BCUT2D eigenvalue weighted by Crippen LogP contribution is 2.35. The third-order valence-corrected chi connectivity index (χ3v) is 6.05. The first kappa shape index (κ1) is 24.2. The molecule has 13 heteroatoms. The van der Waals surface area contributed by atoms with E-state index in [0.29, 0.717) is 12.1 Å². The molecular weight excluding hydrogens is 492 g/mol. The number of ether oxygens (including phenoxy) is 2. The number of halogens is 3. The Balaban J connectivity index is 1.57. The van der Waals surface area contributed by atoms with Crippen LogP contribution in [-0.2, 0) is 0 Å². The number of amides is 1. The SMILES string of the molecule is Cc1cc(-c2cc(Cl)ncc2OC(F)F)c(C(=O)Nc2nnc(O[C@@H]3CCC[C@@H](O)C3)s2)cn1. The summed E-state index contributed by atoms with van der Waals surface area (Å²) in [4.78, 5) is 21.0. The smallest absolute Gasteiger partial charge is 0.387 e. The van der Waals surface area contributed by atoms with Crippen molar-refractivity contribution in [1.29, 1.82) is 0 Å². The number of carbonyl (C=O) groups is 1. The van der Waals surface area contributed by atoms with Crippen molar-refractivity contribution in [2.45, 2.75) is 51.4 Å². The summed E-state index contributed by atoms with van der Waals surface area (Å²) in [5.74, 6) is -0.824. The van der Waals surface area contributed by atoms with Gasteiger partial charge in [0.15, 0.2) is 5.75 Å². The van der Waals surface area contributed by atoms with Gasteiger partial charge < -0.3 is 14.6 Å². The molecule has 4 rings (SSSR count). The average Bonchev–Trinajstić information content (AvgIpc) is 3.21. The van der Waals surface area contributed by atoms with E-state index < -0.39 is 18.6 Å². The lowest BCUT2D eigenvalue weighted by Crippen LogP contribution is -2.28. The lowest BCUT2D eigenvalue weighted by atomic mass is 9.95. The molecule has 1 aliphatic carbocycles. The van der Waals surface area contributed by atoms with E-state index in [2.05, 4.69) is 30.2 Å². The molecule has 1 aliphatic rings. The summed E-state index contributed by atoms with van der Waals surface area (Å²) in [6.07, 6.45) is 4.73. The van der Waals surface area contributed by atoms with Crippen LogP contribution in [0.4, 0.5) is 13.9 Å². The van der Waals surface area contributed by atoms with Gasteiger partial charge in [-0.05, 0) is 49.7 Å². The number of alkyl halides is 2. The first-order chi connectivity index (χ1) is 16.3. The van der Waals surface area contributed by atoms with E-state index in [9.17, 15) is 18.7 Å². The first-order valence-corrected chi connectivity index (χ1v) is 11.5. The van der Waals surface area contributed by atoms with Gasteiger partial charge in [-0.1, -0.05) is 16.7 Å². The normalized spacial score (nSPS) is 18.1. The van der Waals surface area contributed by atoms with Gasteiger partial charge in [-0.3, -0.25) is 15.1 Å². The molecule has 0 unspecified atom stereocenters. The van der Waals surface area contributed by atoms with Crippen LogP contribution >= 0.6 is 22.9 Å². The van der Waals surface area contributed by atoms with Crippen LogP contribution in [0.15, 0.2) is 24.5 Å². The number of pyridine rings is 2. The van der Waals surface area contributed by atoms with E-state index in [1.807, 2.05) is 0 Å². The molecule has 0 spiro atoms. The van der Waals surface area contributed by atoms with E-state index in [-0.39, 0.29) is 44.0 Å². The Bertz CT molecular complexity index is 1180. The van der Waals surface area contributed by atoms with Crippen LogP contribution in [0.3, 0.4) is 0 Å². The van der Waals surface area contributed by atoms with Crippen LogP contribution < -0.4 is 14.8 Å². The largest absolute Gasteiger partial charge is 0.465 e. The fourth-order valence-corrected chi connectivity index (χ4v) is 4.44. The van der Waals surface area contributed by atoms with E-state index in [0.717, 1.165) is 36.8 Å². The second kappa shape index (κ2) is 10.5. The van der Waals surface area contributed by atoms with Crippen molar-refractivity contribution in [2.75, 3.05) is 5.32 Å². The minimum Gasteiger partial charge on any atom is -0.465 e. The summed E-state index contributed by atoms with van der Waals surface area (Å²) in [5, 5.41) is 20.8. The van der Waals surface area contributed by atoms with Gasteiger partial charge in [0.1, 0.15) is 11.3 Å². The Morgan fingerprint density at radius 2 is 2.06 bits per heavy atom. The van der Waals surface area contributed by atoms with Crippen LogP contribution in [0.1, 0.15) is 41.7 Å². The van der Waals surface area contributed by atoms with Gasteiger partial charge in [0.25, 0.3) is 11.1 Å². The number of aryl methyl sites for hydroxylation is 1. The van der Waals surface area contributed by atoms with Gasteiger partial charge in [-0.25, -0.2) is 4.98 Å². The van der Waals surface area contributed by atoms with Crippen LogP contribution in [0, 0.1) is 6.92 Å². The fourth-order valence-electron chi connectivity index (χ4n) is 3.62. The molecule has 3 aromatic rings. The highest BCUT2D eigenvalue weighted by molar-refractivity contribution is 7.17. The van der Waals surface area contributed by atoms with E-state index in [1.165, 1.54) is 12.3 Å². The standard InChI is InChI=1S/C21H20ClF2N5O4S/c1-10-5-13(14-7-17(22)26-9-16(14)33-19(23)24)15(8-25-10)18(31)27-20-28-29-21(34-20)32-12-4-2-3-11(30)6-12/h5,7-9,11-12,19,30H,2-4,6H2,1H3,(H,27,28,31)/t11-,12-/m1/s1. The second-order valence-electron chi connectivity index (χ2n) is 7.64. The molecule has 2 N–H and O–H groups in total. The predicted molar refractivity (Wildman–Crippen MR) is 121 cm³/mol. The van der Waals surface area contributed by atoms with Gasteiger partial charge in [0.05, 0.1) is 17.9 Å². The monoisotopic (exact) mass is 511 g/mol. The molecule has 1 fully saturated rings. The number of aliphatic hydroxyl groups excluding tert-OH is 1. The third-order valence-electron chi connectivity index (χ3n) is 5.12. The topological polar surface area (TPSA) is 119 Å². The zero-order valence-corrected chi connectivity index (χ0v) is 19.4. The molecule has 2 atom stereocenters. The lowest BCUT2D eigenvalue weighted by Gasteiger charge is -2.25. The second-order valence-corrected chi connectivity index (χ2v) is 8.97.